The standard InChI is InChI=1S/C12H13N3O4/c16-12(17)15-5-3-8(4-6-15)11-13-10(14-19-11)9-2-1-7-18-9/h1-2,7-8H,3-6H2,(H,16,17). The van der Waals surface area contributed by atoms with Crippen LogP contribution in [0.5, 0.6) is 0 Å². The first-order chi connectivity index (χ1) is 9.24. The van der Waals surface area contributed by atoms with E-state index in [1.54, 1.807) is 18.4 Å². The van der Waals surface area contributed by atoms with Crippen LogP contribution in [0.15, 0.2) is 27.3 Å². The highest BCUT2D eigenvalue weighted by atomic mass is 16.5. The zero-order valence-corrected chi connectivity index (χ0v) is 10.2. The van der Waals surface area contributed by atoms with Gasteiger partial charge in [0, 0.05) is 19.0 Å². The van der Waals surface area contributed by atoms with Gasteiger partial charge >= 0.3 is 6.09 Å². The fraction of sp³-hybridized carbons (Fsp3) is 0.417. The van der Waals surface area contributed by atoms with Crippen LogP contribution >= 0.6 is 0 Å². The van der Waals surface area contributed by atoms with Gasteiger partial charge in [0.2, 0.25) is 11.7 Å². The minimum absolute atomic E-state index is 0.117. The Morgan fingerprint density at radius 3 is 2.84 bits per heavy atom. The summed E-state index contributed by atoms with van der Waals surface area (Å²) in [6, 6.07) is 3.53. The summed E-state index contributed by atoms with van der Waals surface area (Å²) in [4.78, 5) is 16.5. The first kappa shape index (κ1) is 11.8. The first-order valence-electron chi connectivity index (χ1n) is 6.09. The molecule has 0 spiro atoms. The fourth-order valence-electron chi connectivity index (χ4n) is 2.22. The second-order valence-corrected chi connectivity index (χ2v) is 4.48. The molecule has 0 saturated carbocycles. The minimum Gasteiger partial charge on any atom is -0.465 e. The molecule has 0 aliphatic carbocycles. The summed E-state index contributed by atoms with van der Waals surface area (Å²) in [5, 5.41) is 12.8. The molecular weight excluding hydrogens is 250 g/mol. The smallest absolute Gasteiger partial charge is 0.407 e. The van der Waals surface area contributed by atoms with Gasteiger partial charge in [0.05, 0.1) is 6.26 Å². The molecule has 0 aromatic carbocycles. The maximum absolute atomic E-state index is 10.8. The molecule has 100 valence electrons. The van der Waals surface area contributed by atoms with Crippen LogP contribution < -0.4 is 0 Å². The molecular formula is C12H13N3O4. The Bertz CT molecular complexity index is 555. The minimum atomic E-state index is -0.875. The third-order valence-corrected chi connectivity index (χ3v) is 3.30. The Morgan fingerprint density at radius 1 is 1.42 bits per heavy atom. The van der Waals surface area contributed by atoms with Gasteiger partial charge in [-0.15, -0.1) is 0 Å². The molecule has 19 heavy (non-hydrogen) atoms. The molecule has 0 radical (unpaired) electrons. The van der Waals surface area contributed by atoms with Crippen molar-refractivity contribution in [1.82, 2.24) is 15.0 Å². The molecule has 1 N–H and O–H groups in total. The molecule has 3 heterocycles. The summed E-state index contributed by atoms with van der Waals surface area (Å²) in [7, 11) is 0. The molecule has 1 aliphatic rings. The summed E-state index contributed by atoms with van der Waals surface area (Å²) >= 11 is 0. The van der Waals surface area contributed by atoms with E-state index >= 15 is 0 Å². The average molecular weight is 263 g/mol. The van der Waals surface area contributed by atoms with Crippen molar-refractivity contribution in [2.75, 3.05) is 13.1 Å². The number of nitrogens with zero attached hydrogens (tertiary/aromatic N) is 3. The van der Waals surface area contributed by atoms with Crippen LogP contribution in [0.25, 0.3) is 11.6 Å². The molecule has 7 nitrogen and oxygen atoms in total. The highest BCUT2D eigenvalue weighted by Crippen LogP contribution is 2.28. The van der Waals surface area contributed by atoms with E-state index in [1.165, 1.54) is 4.90 Å². The Balaban J connectivity index is 1.69. The largest absolute Gasteiger partial charge is 0.465 e. The number of hydrogen-bond donors (Lipinski definition) is 1. The molecule has 1 amide bonds. The average Bonchev–Trinajstić information content (AvgIpc) is 3.10. The lowest BCUT2D eigenvalue weighted by molar-refractivity contribution is 0.128. The van der Waals surface area contributed by atoms with Crippen LogP contribution in [0.3, 0.4) is 0 Å². The number of amides is 1. The van der Waals surface area contributed by atoms with Crippen molar-refractivity contribution in [2.45, 2.75) is 18.8 Å². The van der Waals surface area contributed by atoms with Crippen molar-refractivity contribution in [3.8, 4) is 11.6 Å². The molecule has 3 rings (SSSR count). The van der Waals surface area contributed by atoms with Crippen LogP contribution in [0.2, 0.25) is 0 Å². The molecule has 0 unspecified atom stereocenters. The van der Waals surface area contributed by atoms with E-state index in [-0.39, 0.29) is 5.92 Å². The van der Waals surface area contributed by atoms with Crippen molar-refractivity contribution < 1.29 is 18.8 Å². The zero-order valence-electron chi connectivity index (χ0n) is 10.2. The molecule has 0 atom stereocenters. The van der Waals surface area contributed by atoms with Crippen molar-refractivity contribution in [3.63, 3.8) is 0 Å². The quantitative estimate of drug-likeness (QED) is 0.892. The Morgan fingerprint density at radius 2 is 2.21 bits per heavy atom. The van der Waals surface area contributed by atoms with Gasteiger partial charge in [0.1, 0.15) is 0 Å². The third kappa shape index (κ3) is 2.31. The number of aromatic nitrogens is 2. The van der Waals surface area contributed by atoms with Gasteiger partial charge in [-0.2, -0.15) is 4.98 Å². The van der Waals surface area contributed by atoms with Crippen LogP contribution in [0.1, 0.15) is 24.7 Å². The van der Waals surface area contributed by atoms with Gasteiger partial charge < -0.3 is 18.9 Å². The van der Waals surface area contributed by atoms with Crippen molar-refractivity contribution in [3.05, 3.63) is 24.3 Å². The molecule has 2 aromatic rings. The van der Waals surface area contributed by atoms with E-state index in [9.17, 15) is 4.79 Å². The van der Waals surface area contributed by atoms with Gasteiger partial charge in [-0.1, -0.05) is 5.16 Å². The first-order valence-corrected chi connectivity index (χ1v) is 6.09. The summed E-state index contributed by atoms with van der Waals surface area (Å²) in [6.45, 7) is 0.997. The van der Waals surface area contributed by atoms with Crippen molar-refractivity contribution in [1.29, 1.82) is 0 Å². The van der Waals surface area contributed by atoms with Gasteiger partial charge in [-0.25, -0.2) is 4.79 Å². The zero-order chi connectivity index (χ0) is 13.2. The number of piperidine rings is 1. The maximum atomic E-state index is 10.8. The fourth-order valence-corrected chi connectivity index (χ4v) is 2.22. The van der Waals surface area contributed by atoms with Gasteiger partial charge in [-0.3, -0.25) is 0 Å². The highest BCUT2D eigenvalue weighted by molar-refractivity contribution is 5.65. The normalized spacial score (nSPS) is 16.7. The van der Waals surface area contributed by atoms with Crippen LogP contribution in [-0.2, 0) is 0 Å². The monoisotopic (exact) mass is 263 g/mol. The lowest BCUT2D eigenvalue weighted by atomic mass is 9.97. The topological polar surface area (TPSA) is 92.6 Å². The molecule has 1 aliphatic heterocycles. The molecule has 1 saturated heterocycles. The second-order valence-electron chi connectivity index (χ2n) is 4.48. The Hall–Kier alpha value is -2.31. The van der Waals surface area contributed by atoms with Crippen molar-refractivity contribution >= 4 is 6.09 Å². The van der Waals surface area contributed by atoms with Gasteiger partial charge in [0.15, 0.2) is 5.76 Å². The highest BCUT2D eigenvalue weighted by Gasteiger charge is 2.27. The van der Waals surface area contributed by atoms with Crippen LogP contribution in [0, 0.1) is 0 Å². The lowest BCUT2D eigenvalue weighted by Crippen LogP contribution is -2.36. The summed E-state index contributed by atoms with van der Waals surface area (Å²) < 4.78 is 10.4. The van der Waals surface area contributed by atoms with E-state index in [4.69, 9.17) is 14.0 Å². The van der Waals surface area contributed by atoms with E-state index in [0.717, 1.165) is 0 Å². The number of likely N-dealkylation sites (tertiary alicyclic amines) is 1. The Kier molecular flexibility index (Phi) is 2.94. The number of carbonyl (C=O) groups is 1. The van der Waals surface area contributed by atoms with Crippen LogP contribution in [-0.4, -0.2) is 39.3 Å². The maximum Gasteiger partial charge on any atom is 0.407 e. The van der Waals surface area contributed by atoms with Gasteiger partial charge in [0.25, 0.3) is 0 Å². The number of furan rings is 1. The molecule has 1 fully saturated rings. The van der Waals surface area contributed by atoms with Crippen LogP contribution in [0.4, 0.5) is 4.79 Å². The summed E-state index contributed by atoms with van der Waals surface area (Å²) in [6.07, 6.45) is 2.08. The molecule has 2 aromatic heterocycles. The summed E-state index contributed by atoms with van der Waals surface area (Å²) in [5.74, 6) is 1.67. The number of hydrogen-bond acceptors (Lipinski definition) is 5. The van der Waals surface area contributed by atoms with E-state index in [0.29, 0.717) is 43.4 Å². The van der Waals surface area contributed by atoms with E-state index in [2.05, 4.69) is 10.1 Å². The predicted molar refractivity (Wildman–Crippen MR) is 63.6 cm³/mol. The second kappa shape index (κ2) is 4.75. The van der Waals surface area contributed by atoms with Gasteiger partial charge in [-0.05, 0) is 25.0 Å². The van der Waals surface area contributed by atoms with Crippen molar-refractivity contribution in [2.24, 2.45) is 0 Å². The third-order valence-electron chi connectivity index (χ3n) is 3.30. The van der Waals surface area contributed by atoms with E-state index < -0.39 is 6.09 Å². The predicted octanol–water partition coefficient (Wildman–Crippen LogP) is 2.19. The molecule has 7 heteroatoms. The summed E-state index contributed by atoms with van der Waals surface area (Å²) in [5.41, 5.74) is 0. The van der Waals surface area contributed by atoms with E-state index in [1.807, 2.05) is 0 Å². The SMILES string of the molecule is O=C(O)N1CCC(c2nc(-c3ccco3)no2)CC1. The molecule has 0 bridgehead atoms. The Labute approximate surface area is 108 Å². The number of rotatable bonds is 2. The lowest BCUT2D eigenvalue weighted by Gasteiger charge is -2.27. The number of carboxylic acid groups (broad SMARTS) is 1.